The van der Waals surface area contributed by atoms with E-state index in [0.29, 0.717) is 11.1 Å². The molecule has 1 aliphatic heterocycles. The molecule has 7 heteroatoms. The van der Waals surface area contributed by atoms with Crippen molar-refractivity contribution in [3.05, 3.63) is 106 Å². The number of furan rings is 1. The summed E-state index contributed by atoms with van der Waals surface area (Å²) in [5, 5.41) is 10.7. The van der Waals surface area contributed by atoms with E-state index in [2.05, 4.69) is 0 Å². The van der Waals surface area contributed by atoms with Crippen LogP contribution in [-0.2, 0) is 16.1 Å². The molecule has 1 N–H and O–H groups in total. The molecular formula is C27H25NO6. The monoisotopic (exact) mass is 459 g/mol. The molecule has 7 nitrogen and oxygen atoms in total. The van der Waals surface area contributed by atoms with E-state index in [1.807, 2.05) is 31.2 Å². The number of ether oxygens (including phenoxy) is 1. The highest BCUT2D eigenvalue weighted by Crippen LogP contribution is 2.40. The first kappa shape index (κ1) is 23.0. The van der Waals surface area contributed by atoms with Crippen molar-refractivity contribution in [2.24, 2.45) is 0 Å². The van der Waals surface area contributed by atoms with Crippen LogP contribution in [0.1, 0.15) is 57.5 Å². The predicted molar refractivity (Wildman–Crippen MR) is 124 cm³/mol. The molecule has 4 rings (SSSR count). The third-order valence-corrected chi connectivity index (χ3v) is 5.54. The summed E-state index contributed by atoms with van der Waals surface area (Å²) in [5.74, 6) is -2.17. The van der Waals surface area contributed by atoms with Crippen molar-refractivity contribution in [1.29, 1.82) is 0 Å². The van der Waals surface area contributed by atoms with E-state index in [1.165, 1.54) is 17.2 Å². The van der Waals surface area contributed by atoms with E-state index in [4.69, 9.17) is 9.15 Å². The van der Waals surface area contributed by atoms with Crippen LogP contribution in [0.5, 0.6) is 0 Å². The van der Waals surface area contributed by atoms with Gasteiger partial charge in [-0.25, -0.2) is 4.79 Å². The number of nitrogens with zero attached hydrogens (tertiary/aromatic N) is 1. The van der Waals surface area contributed by atoms with Crippen LogP contribution in [0.3, 0.4) is 0 Å². The van der Waals surface area contributed by atoms with Gasteiger partial charge >= 0.3 is 5.97 Å². The molecule has 0 fully saturated rings. The van der Waals surface area contributed by atoms with Crippen LogP contribution in [0.4, 0.5) is 0 Å². The summed E-state index contributed by atoms with van der Waals surface area (Å²) in [5.41, 5.74) is 2.75. The molecule has 0 spiro atoms. The van der Waals surface area contributed by atoms with E-state index in [9.17, 15) is 19.5 Å². The SMILES string of the molecule is Cc1cccc(C2C(C(=O)c3ccco3)=C(O)C(=O)N2Cc2ccc(C(=O)OC(C)C)cc2)c1. The molecule has 0 radical (unpaired) electrons. The number of carbonyl (C=O) groups is 3. The molecule has 0 bridgehead atoms. The van der Waals surface area contributed by atoms with Crippen LogP contribution in [0.15, 0.2) is 82.7 Å². The van der Waals surface area contributed by atoms with Crippen molar-refractivity contribution >= 4 is 17.7 Å². The molecule has 0 saturated carbocycles. The highest BCUT2D eigenvalue weighted by Gasteiger charge is 2.44. The van der Waals surface area contributed by atoms with E-state index in [0.717, 1.165) is 11.1 Å². The number of Topliss-reactive ketones (excluding diaryl/α,β-unsaturated/α-hetero) is 1. The number of aliphatic hydroxyl groups excluding tert-OH is 1. The van der Waals surface area contributed by atoms with Crippen molar-refractivity contribution in [2.45, 2.75) is 39.5 Å². The summed E-state index contributed by atoms with van der Waals surface area (Å²) >= 11 is 0. The number of hydrogen-bond acceptors (Lipinski definition) is 6. The second-order valence-corrected chi connectivity index (χ2v) is 8.47. The molecule has 174 valence electrons. The molecule has 2 aromatic carbocycles. The van der Waals surface area contributed by atoms with Gasteiger partial charge in [0.15, 0.2) is 11.5 Å². The van der Waals surface area contributed by atoms with Crippen molar-refractivity contribution in [3.8, 4) is 0 Å². The lowest BCUT2D eigenvalue weighted by molar-refractivity contribution is -0.130. The number of aliphatic hydroxyl groups is 1. The summed E-state index contributed by atoms with van der Waals surface area (Å²) in [6.07, 6.45) is 1.14. The van der Waals surface area contributed by atoms with Gasteiger partial charge in [0.25, 0.3) is 5.91 Å². The maximum Gasteiger partial charge on any atom is 0.338 e. The lowest BCUT2D eigenvalue weighted by atomic mass is 9.94. The van der Waals surface area contributed by atoms with Crippen LogP contribution in [0.25, 0.3) is 0 Å². The molecule has 1 amide bonds. The molecular weight excluding hydrogens is 434 g/mol. The zero-order valence-corrected chi connectivity index (χ0v) is 19.1. The standard InChI is InChI=1S/C27H25NO6/c1-16(2)34-27(32)19-11-9-18(10-12-19)15-28-23(20-7-4-6-17(3)14-20)22(25(30)26(28)31)24(29)21-8-5-13-33-21/h4-14,16,23,30H,15H2,1-3H3. The number of rotatable bonds is 7. The Labute approximate surface area is 197 Å². The van der Waals surface area contributed by atoms with Gasteiger partial charge < -0.3 is 19.2 Å². The minimum Gasteiger partial charge on any atom is -0.503 e. The highest BCUT2D eigenvalue weighted by atomic mass is 16.5. The first-order chi connectivity index (χ1) is 16.3. The Kier molecular flexibility index (Phi) is 6.36. The minimum absolute atomic E-state index is 0.0253. The lowest BCUT2D eigenvalue weighted by Crippen LogP contribution is -2.30. The Morgan fingerprint density at radius 1 is 1.09 bits per heavy atom. The van der Waals surface area contributed by atoms with Gasteiger partial charge in [0.1, 0.15) is 0 Å². The van der Waals surface area contributed by atoms with Gasteiger partial charge in [-0.05, 0) is 56.2 Å². The number of aryl methyl sites for hydroxylation is 1. The van der Waals surface area contributed by atoms with Crippen LogP contribution < -0.4 is 0 Å². The number of amides is 1. The average Bonchev–Trinajstić information content (AvgIpc) is 3.42. The van der Waals surface area contributed by atoms with E-state index < -0.39 is 29.5 Å². The molecule has 0 saturated heterocycles. The topological polar surface area (TPSA) is 97.0 Å². The average molecular weight is 459 g/mol. The smallest absolute Gasteiger partial charge is 0.338 e. The second-order valence-electron chi connectivity index (χ2n) is 8.47. The summed E-state index contributed by atoms with van der Waals surface area (Å²) < 4.78 is 10.5. The fraction of sp³-hybridized carbons (Fsp3) is 0.222. The van der Waals surface area contributed by atoms with Crippen molar-refractivity contribution in [2.75, 3.05) is 0 Å². The van der Waals surface area contributed by atoms with Gasteiger partial charge in [-0.15, -0.1) is 0 Å². The summed E-state index contributed by atoms with van der Waals surface area (Å²) in [6.45, 7) is 5.59. The highest BCUT2D eigenvalue weighted by molar-refractivity contribution is 6.15. The fourth-order valence-corrected chi connectivity index (χ4v) is 4.00. The number of carbonyl (C=O) groups excluding carboxylic acids is 3. The Balaban J connectivity index is 1.68. The Morgan fingerprint density at radius 2 is 1.82 bits per heavy atom. The van der Waals surface area contributed by atoms with Gasteiger partial charge in [-0.1, -0.05) is 42.0 Å². The summed E-state index contributed by atoms with van der Waals surface area (Å²) in [6, 6.07) is 16.4. The van der Waals surface area contributed by atoms with Gasteiger partial charge in [-0.2, -0.15) is 0 Å². The van der Waals surface area contributed by atoms with Crippen LogP contribution >= 0.6 is 0 Å². The molecule has 2 heterocycles. The molecule has 1 aliphatic rings. The van der Waals surface area contributed by atoms with Crippen molar-refractivity contribution in [1.82, 2.24) is 4.90 Å². The van der Waals surface area contributed by atoms with Crippen molar-refractivity contribution in [3.63, 3.8) is 0 Å². The minimum atomic E-state index is -0.796. The Bertz CT molecular complexity index is 1250. The fourth-order valence-electron chi connectivity index (χ4n) is 4.00. The third-order valence-electron chi connectivity index (χ3n) is 5.54. The Hall–Kier alpha value is -4.13. The van der Waals surface area contributed by atoms with Crippen molar-refractivity contribution < 1.29 is 28.6 Å². The first-order valence-corrected chi connectivity index (χ1v) is 10.9. The summed E-state index contributed by atoms with van der Waals surface area (Å²) in [4.78, 5) is 39.9. The second kappa shape index (κ2) is 9.39. The number of hydrogen-bond donors (Lipinski definition) is 1. The van der Waals surface area contributed by atoms with Gasteiger partial charge in [0, 0.05) is 6.54 Å². The number of benzene rings is 2. The maximum atomic E-state index is 13.2. The van der Waals surface area contributed by atoms with Gasteiger partial charge in [0.2, 0.25) is 5.78 Å². The molecule has 1 aromatic heterocycles. The van der Waals surface area contributed by atoms with Gasteiger partial charge in [-0.3, -0.25) is 9.59 Å². The zero-order chi connectivity index (χ0) is 24.4. The molecule has 1 unspecified atom stereocenters. The first-order valence-electron chi connectivity index (χ1n) is 10.9. The quantitative estimate of drug-likeness (QED) is 0.397. The molecule has 0 aliphatic carbocycles. The van der Waals surface area contributed by atoms with E-state index >= 15 is 0 Å². The molecule has 1 atom stereocenters. The van der Waals surface area contributed by atoms with E-state index in [1.54, 1.807) is 44.2 Å². The zero-order valence-electron chi connectivity index (χ0n) is 19.1. The van der Waals surface area contributed by atoms with Gasteiger partial charge in [0.05, 0.1) is 29.5 Å². The Morgan fingerprint density at radius 3 is 2.44 bits per heavy atom. The lowest BCUT2D eigenvalue weighted by Gasteiger charge is -2.27. The van der Waals surface area contributed by atoms with E-state index in [-0.39, 0.29) is 24.0 Å². The largest absolute Gasteiger partial charge is 0.503 e. The third kappa shape index (κ3) is 4.50. The van der Waals surface area contributed by atoms with Crippen LogP contribution in [0.2, 0.25) is 0 Å². The number of ketones is 1. The normalized spacial score (nSPS) is 15.8. The maximum absolute atomic E-state index is 13.2. The predicted octanol–water partition coefficient (Wildman–Crippen LogP) is 4.93. The number of esters is 1. The molecule has 34 heavy (non-hydrogen) atoms. The van der Waals surface area contributed by atoms with Crippen LogP contribution in [0, 0.1) is 6.92 Å². The van der Waals surface area contributed by atoms with Crippen LogP contribution in [-0.4, -0.2) is 33.8 Å². The summed E-state index contributed by atoms with van der Waals surface area (Å²) in [7, 11) is 0. The molecule has 3 aromatic rings.